The minimum atomic E-state index is -4.56. The maximum absolute atomic E-state index is 13.0. The fourth-order valence-corrected chi connectivity index (χ4v) is 2.83. The summed E-state index contributed by atoms with van der Waals surface area (Å²) in [7, 11) is 0. The van der Waals surface area contributed by atoms with E-state index in [1.807, 2.05) is 0 Å². The van der Waals surface area contributed by atoms with Crippen molar-refractivity contribution in [1.29, 1.82) is 0 Å². The summed E-state index contributed by atoms with van der Waals surface area (Å²) in [5.74, 6) is -0.972. The summed E-state index contributed by atoms with van der Waals surface area (Å²) in [5.41, 5.74) is 11.2. The van der Waals surface area contributed by atoms with Crippen molar-refractivity contribution in [2.75, 3.05) is 5.73 Å². The number of carbonyl (C=O) groups excluding carboxylic acids is 1. The zero-order valence-corrected chi connectivity index (χ0v) is 13.6. The molecule has 0 aliphatic carbocycles. The van der Waals surface area contributed by atoms with Crippen LogP contribution >= 0.6 is 0 Å². The number of alkyl halides is 3. The first-order chi connectivity index (χ1) is 12.1. The zero-order chi connectivity index (χ0) is 19.2. The Kier molecular flexibility index (Phi) is 3.98. The number of nitrogen functional groups attached to an aromatic ring is 1. The molecule has 1 aromatic heterocycles. The summed E-state index contributed by atoms with van der Waals surface area (Å²) in [6.07, 6.45) is -4.56. The molecule has 1 heterocycles. The number of anilines is 1. The molecule has 5 nitrogen and oxygen atoms in total. The molecule has 2 aromatic carbocycles. The maximum atomic E-state index is 13.0. The van der Waals surface area contributed by atoms with Crippen LogP contribution in [0.25, 0.3) is 22.0 Å². The van der Waals surface area contributed by atoms with E-state index in [0.717, 1.165) is 12.1 Å². The molecule has 0 saturated heterocycles. The number of primary amides is 1. The van der Waals surface area contributed by atoms with Crippen molar-refractivity contribution in [3.05, 3.63) is 53.2 Å². The molecule has 1 amide bonds. The highest BCUT2D eigenvalue weighted by Gasteiger charge is 2.31. The number of hydrogen-bond acceptors (Lipinski definition) is 4. The molecule has 0 aliphatic heterocycles. The number of fused-ring (bicyclic) bond motifs is 1. The van der Waals surface area contributed by atoms with Crippen LogP contribution in [-0.4, -0.2) is 16.0 Å². The van der Waals surface area contributed by atoms with Gasteiger partial charge in [0.05, 0.1) is 16.8 Å². The number of pyridine rings is 1. The van der Waals surface area contributed by atoms with E-state index in [2.05, 4.69) is 4.98 Å². The normalized spacial score (nSPS) is 11.7. The number of carbonyl (C=O) groups is 1. The molecule has 0 spiro atoms. The number of phenols is 1. The van der Waals surface area contributed by atoms with Gasteiger partial charge >= 0.3 is 6.18 Å². The van der Waals surface area contributed by atoms with Gasteiger partial charge in [0.1, 0.15) is 5.75 Å². The van der Waals surface area contributed by atoms with Crippen molar-refractivity contribution in [2.24, 2.45) is 5.73 Å². The lowest BCUT2D eigenvalue weighted by Crippen LogP contribution is -2.17. The number of hydrogen-bond donors (Lipinski definition) is 3. The number of benzene rings is 2. The first kappa shape index (κ1) is 17.5. The predicted octanol–water partition coefficient (Wildman–Crippen LogP) is 3.62. The number of aromatic nitrogens is 1. The molecule has 0 saturated carbocycles. The summed E-state index contributed by atoms with van der Waals surface area (Å²) >= 11 is 0. The minimum absolute atomic E-state index is 0.0144. The van der Waals surface area contributed by atoms with Gasteiger partial charge in [-0.1, -0.05) is 18.2 Å². The standard InChI is InChI=1S/C18H14F3N3O2/c1-8-10(3-2-4-13(8)25)14-11-6-5-9(18(19,20)21)7-12(11)24-16(15(14)22)17(23)26/h2-7,25H,22H2,1H3,(H2,23,26). The van der Waals surface area contributed by atoms with Gasteiger partial charge in [0.25, 0.3) is 5.91 Å². The lowest BCUT2D eigenvalue weighted by Gasteiger charge is -2.16. The molecule has 3 aromatic rings. The Bertz CT molecular complexity index is 1050. The average molecular weight is 361 g/mol. The Balaban J connectivity index is 2.45. The third kappa shape index (κ3) is 2.79. The Hall–Kier alpha value is -3.29. The second kappa shape index (κ2) is 5.91. The van der Waals surface area contributed by atoms with E-state index in [0.29, 0.717) is 22.1 Å². The molecule has 8 heteroatoms. The third-order valence-electron chi connectivity index (χ3n) is 4.16. The first-order valence-electron chi connectivity index (χ1n) is 7.50. The fourth-order valence-electron chi connectivity index (χ4n) is 2.83. The van der Waals surface area contributed by atoms with Gasteiger partial charge in [0, 0.05) is 10.9 Å². The average Bonchev–Trinajstić information content (AvgIpc) is 2.56. The number of nitrogens with zero attached hydrogens (tertiary/aromatic N) is 1. The van der Waals surface area contributed by atoms with E-state index in [4.69, 9.17) is 11.5 Å². The summed E-state index contributed by atoms with van der Waals surface area (Å²) in [5, 5.41) is 10.3. The number of aromatic hydroxyl groups is 1. The van der Waals surface area contributed by atoms with Gasteiger partial charge in [-0.2, -0.15) is 13.2 Å². The van der Waals surface area contributed by atoms with E-state index >= 15 is 0 Å². The number of nitrogens with two attached hydrogens (primary N) is 2. The molecule has 0 aliphatic rings. The summed E-state index contributed by atoms with van der Waals surface area (Å²) in [6.45, 7) is 1.63. The summed E-state index contributed by atoms with van der Waals surface area (Å²) in [6, 6.07) is 7.66. The Labute approximate surface area is 146 Å². The van der Waals surface area contributed by atoms with Gasteiger partial charge in [0.15, 0.2) is 5.69 Å². The maximum Gasteiger partial charge on any atom is 0.416 e. The number of phenolic OH excluding ortho intramolecular Hbond substituents is 1. The first-order valence-corrected chi connectivity index (χ1v) is 7.50. The second-order valence-corrected chi connectivity index (χ2v) is 5.79. The van der Waals surface area contributed by atoms with Crippen LogP contribution in [0.5, 0.6) is 5.75 Å². The van der Waals surface area contributed by atoms with Crippen molar-refractivity contribution < 1.29 is 23.1 Å². The molecular weight excluding hydrogens is 347 g/mol. The monoisotopic (exact) mass is 361 g/mol. The quantitative estimate of drug-likeness (QED) is 0.649. The fraction of sp³-hybridized carbons (Fsp3) is 0.111. The van der Waals surface area contributed by atoms with Gasteiger partial charge in [-0.3, -0.25) is 4.79 Å². The number of amides is 1. The molecule has 0 radical (unpaired) electrons. The van der Waals surface area contributed by atoms with Crippen LogP contribution in [0.15, 0.2) is 36.4 Å². The van der Waals surface area contributed by atoms with E-state index in [1.165, 1.54) is 12.1 Å². The van der Waals surface area contributed by atoms with Crippen LogP contribution in [0.2, 0.25) is 0 Å². The van der Waals surface area contributed by atoms with Gasteiger partial charge in [-0.05, 0) is 36.2 Å². The van der Waals surface area contributed by atoms with E-state index in [1.54, 1.807) is 19.1 Å². The summed E-state index contributed by atoms with van der Waals surface area (Å²) < 4.78 is 39.1. The van der Waals surface area contributed by atoms with Crippen LogP contribution in [0.4, 0.5) is 18.9 Å². The van der Waals surface area contributed by atoms with E-state index in [9.17, 15) is 23.1 Å². The van der Waals surface area contributed by atoms with Gasteiger partial charge in [-0.25, -0.2) is 4.98 Å². The minimum Gasteiger partial charge on any atom is -0.508 e. The van der Waals surface area contributed by atoms with Gasteiger partial charge < -0.3 is 16.6 Å². The SMILES string of the molecule is Cc1c(O)cccc1-c1c(N)c(C(N)=O)nc2cc(C(F)(F)F)ccc12. The Morgan fingerprint density at radius 2 is 1.88 bits per heavy atom. The molecule has 5 N–H and O–H groups in total. The van der Waals surface area contributed by atoms with Crippen LogP contribution in [0, 0.1) is 6.92 Å². The van der Waals surface area contributed by atoms with Gasteiger partial charge in [0.2, 0.25) is 0 Å². The highest BCUT2D eigenvalue weighted by molar-refractivity contribution is 6.09. The van der Waals surface area contributed by atoms with Crippen molar-refractivity contribution in [1.82, 2.24) is 4.98 Å². The topological polar surface area (TPSA) is 102 Å². The molecule has 0 atom stereocenters. The lowest BCUT2D eigenvalue weighted by atomic mass is 9.93. The van der Waals surface area contributed by atoms with E-state index < -0.39 is 17.6 Å². The predicted molar refractivity (Wildman–Crippen MR) is 91.5 cm³/mol. The molecule has 0 unspecified atom stereocenters. The smallest absolute Gasteiger partial charge is 0.416 e. The van der Waals surface area contributed by atoms with Crippen molar-refractivity contribution in [2.45, 2.75) is 13.1 Å². The van der Waals surface area contributed by atoms with Gasteiger partial charge in [-0.15, -0.1) is 0 Å². The molecule has 0 bridgehead atoms. The van der Waals surface area contributed by atoms with Crippen molar-refractivity contribution >= 4 is 22.5 Å². The number of rotatable bonds is 2. The van der Waals surface area contributed by atoms with E-state index in [-0.39, 0.29) is 22.6 Å². The van der Waals surface area contributed by atoms with Crippen LogP contribution in [0.3, 0.4) is 0 Å². The molecule has 26 heavy (non-hydrogen) atoms. The van der Waals surface area contributed by atoms with Crippen molar-refractivity contribution in [3.8, 4) is 16.9 Å². The van der Waals surface area contributed by atoms with Crippen LogP contribution in [-0.2, 0) is 6.18 Å². The molecule has 0 fully saturated rings. The van der Waals surface area contributed by atoms with Crippen molar-refractivity contribution in [3.63, 3.8) is 0 Å². The molecule has 134 valence electrons. The third-order valence-corrected chi connectivity index (χ3v) is 4.16. The molecule has 3 rings (SSSR count). The largest absolute Gasteiger partial charge is 0.508 e. The highest BCUT2D eigenvalue weighted by Crippen LogP contribution is 2.40. The second-order valence-electron chi connectivity index (χ2n) is 5.79. The lowest BCUT2D eigenvalue weighted by molar-refractivity contribution is -0.137. The molecular formula is C18H14F3N3O2. The zero-order valence-electron chi connectivity index (χ0n) is 13.6. The van der Waals surface area contributed by atoms with Crippen LogP contribution in [0.1, 0.15) is 21.6 Å². The van der Waals surface area contributed by atoms with Crippen LogP contribution < -0.4 is 11.5 Å². The Morgan fingerprint density at radius 1 is 1.19 bits per heavy atom. The Morgan fingerprint density at radius 3 is 2.50 bits per heavy atom. The number of halogens is 3. The highest BCUT2D eigenvalue weighted by atomic mass is 19.4. The summed E-state index contributed by atoms with van der Waals surface area (Å²) in [4.78, 5) is 15.6.